The van der Waals surface area contributed by atoms with Crippen LogP contribution in [0.4, 0.5) is 0 Å². The van der Waals surface area contributed by atoms with Gasteiger partial charge in [-0.05, 0) is 11.8 Å². The first-order chi connectivity index (χ1) is 4.56. The van der Waals surface area contributed by atoms with Gasteiger partial charge in [0.25, 0.3) is 0 Å². The molecule has 0 heterocycles. The molecule has 0 radical (unpaired) electrons. The van der Waals surface area contributed by atoms with Crippen molar-refractivity contribution in [1.82, 2.24) is 0 Å². The predicted molar refractivity (Wildman–Crippen MR) is 47.1 cm³/mol. The highest BCUT2D eigenvalue weighted by molar-refractivity contribution is 4.59. The first kappa shape index (κ1) is 12.6. The summed E-state index contributed by atoms with van der Waals surface area (Å²) in [4.78, 5) is 0. The fourth-order valence-electron chi connectivity index (χ4n) is 0.707. The number of rotatable bonds is 2. The van der Waals surface area contributed by atoms with E-state index in [0.29, 0.717) is 5.41 Å². The molecule has 10 heavy (non-hydrogen) atoms. The summed E-state index contributed by atoms with van der Waals surface area (Å²) in [6, 6.07) is 0. The van der Waals surface area contributed by atoms with Gasteiger partial charge in [-0.25, -0.2) is 0 Å². The fourth-order valence-corrected chi connectivity index (χ4v) is 0.707. The van der Waals surface area contributed by atoms with Crippen molar-refractivity contribution in [2.45, 2.75) is 47.0 Å². The molecule has 1 nitrogen and oxygen atoms in total. The lowest BCUT2D eigenvalue weighted by atomic mass is 9.90. The van der Waals surface area contributed by atoms with E-state index in [2.05, 4.69) is 27.7 Å². The van der Waals surface area contributed by atoms with Crippen LogP contribution in [0.25, 0.3) is 0 Å². The molecule has 0 amide bonds. The van der Waals surface area contributed by atoms with Gasteiger partial charge in [-0.1, -0.05) is 40.5 Å². The Kier molecular flexibility index (Phi) is 8.92. The molecular weight excluding hydrogens is 124 g/mol. The second-order valence-corrected chi connectivity index (χ2v) is 3.66. The number of aliphatic hydroxyl groups excluding tert-OH is 1. The summed E-state index contributed by atoms with van der Waals surface area (Å²) in [5.41, 5.74) is 0.552. The SMILES string of the molecule is CCCCC(C)(C)C.CO. The Balaban J connectivity index is 0. The first-order valence-corrected chi connectivity index (χ1v) is 4.01. The zero-order valence-electron chi connectivity index (χ0n) is 8.07. The maximum Gasteiger partial charge on any atom is 0.0319 e. The van der Waals surface area contributed by atoms with Crippen LogP contribution in [0.3, 0.4) is 0 Å². The van der Waals surface area contributed by atoms with Crippen molar-refractivity contribution in [3.8, 4) is 0 Å². The van der Waals surface area contributed by atoms with Crippen molar-refractivity contribution in [3.63, 3.8) is 0 Å². The van der Waals surface area contributed by atoms with E-state index in [0.717, 1.165) is 7.11 Å². The molecule has 0 aliphatic carbocycles. The molecule has 0 saturated carbocycles. The third kappa shape index (κ3) is 15.7. The van der Waals surface area contributed by atoms with E-state index >= 15 is 0 Å². The van der Waals surface area contributed by atoms with Crippen LogP contribution >= 0.6 is 0 Å². The molecule has 0 aromatic rings. The highest BCUT2D eigenvalue weighted by Gasteiger charge is 2.07. The average Bonchev–Trinajstić information content (AvgIpc) is 1.87. The highest BCUT2D eigenvalue weighted by Crippen LogP contribution is 2.20. The van der Waals surface area contributed by atoms with E-state index in [-0.39, 0.29) is 0 Å². The normalized spacial score (nSPS) is 10.2. The van der Waals surface area contributed by atoms with E-state index in [1.807, 2.05) is 0 Å². The highest BCUT2D eigenvalue weighted by atomic mass is 16.2. The van der Waals surface area contributed by atoms with E-state index < -0.39 is 0 Å². The van der Waals surface area contributed by atoms with E-state index in [1.54, 1.807) is 0 Å². The molecule has 1 N–H and O–H groups in total. The Morgan fingerprint density at radius 1 is 1.10 bits per heavy atom. The van der Waals surface area contributed by atoms with Crippen LogP contribution in [0.1, 0.15) is 47.0 Å². The van der Waals surface area contributed by atoms with Crippen molar-refractivity contribution in [3.05, 3.63) is 0 Å². The van der Waals surface area contributed by atoms with Gasteiger partial charge in [0.1, 0.15) is 0 Å². The van der Waals surface area contributed by atoms with Gasteiger partial charge in [-0.2, -0.15) is 0 Å². The molecule has 0 aliphatic rings. The molecule has 0 unspecified atom stereocenters. The first-order valence-electron chi connectivity index (χ1n) is 4.01. The molecule has 0 bridgehead atoms. The molecule has 0 atom stereocenters. The minimum atomic E-state index is 0.552. The van der Waals surface area contributed by atoms with Crippen LogP contribution in [0.2, 0.25) is 0 Å². The van der Waals surface area contributed by atoms with E-state index in [1.165, 1.54) is 19.3 Å². The van der Waals surface area contributed by atoms with Crippen LogP contribution in [0, 0.1) is 5.41 Å². The molecule has 0 rings (SSSR count). The summed E-state index contributed by atoms with van der Waals surface area (Å²) in [5.74, 6) is 0. The van der Waals surface area contributed by atoms with E-state index in [4.69, 9.17) is 5.11 Å². The molecule has 0 aliphatic heterocycles. The summed E-state index contributed by atoms with van der Waals surface area (Å²) in [7, 11) is 1.00. The van der Waals surface area contributed by atoms with Crippen LogP contribution in [-0.4, -0.2) is 12.2 Å². The maximum absolute atomic E-state index is 7.00. The number of aliphatic hydroxyl groups is 1. The summed E-state index contributed by atoms with van der Waals surface area (Å²) in [6.45, 7) is 9.12. The van der Waals surface area contributed by atoms with Crippen LogP contribution in [0.15, 0.2) is 0 Å². The summed E-state index contributed by atoms with van der Waals surface area (Å²) >= 11 is 0. The van der Waals surface area contributed by atoms with Crippen LogP contribution in [0.5, 0.6) is 0 Å². The van der Waals surface area contributed by atoms with Gasteiger partial charge in [0.15, 0.2) is 0 Å². The van der Waals surface area contributed by atoms with Gasteiger partial charge < -0.3 is 5.11 Å². The Morgan fingerprint density at radius 3 is 1.60 bits per heavy atom. The minimum Gasteiger partial charge on any atom is -0.400 e. The van der Waals surface area contributed by atoms with E-state index in [9.17, 15) is 0 Å². The molecule has 0 aromatic carbocycles. The molecule has 1 heteroatoms. The molecule has 0 aromatic heterocycles. The largest absolute Gasteiger partial charge is 0.400 e. The lowest BCUT2D eigenvalue weighted by Crippen LogP contribution is -2.03. The third-order valence-corrected chi connectivity index (χ3v) is 1.28. The Labute approximate surface area is 65.5 Å². The second-order valence-electron chi connectivity index (χ2n) is 3.66. The van der Waals surface area contributed by atoms with Crippen molar-refractivity contribution >= 4 is 0 Å². The van der Waals surface area contributed by atoms with Crippen molar-refractivity contribution < 1.29 is 5.11 Å². The zero-order valence-corrected chi connectivity index (χ0v) is 8.07. The third-order valence-electron chi connectivity index (χ3n) is 1.28. The van der Waals surface area contributed by atoms with Gasteiger partial charge in [0.2, 0.25) is 0 Å². The van der Waals surface area contributed by atoms with Crippen molar-refractivity contribution in [2.24, 2.45) is 5.41 Å². The average molecular weight is 146 g/mol. The Bertz CT molecular complexity index is 52.2. The number of hydrogen-bond donors (Lipinski definition) is 1. The smallest absolute Gasteiger partial charge is 0.0319 e. The van der Waals surface area contributed by atoms with Crippen molar-refractivity contribution in [1.29, 1.82) is 0 Å². The molecule has 0 saturated heterocycles. The fraction of sp³-hybridized carbons (Fsp3) is 1.00. The Hall–Kier alpha value is -0.0400. The summed E-state index contributed by atoms with van der Waals surface area (Å²) < 4.78 is 0. The predicted octanol–water partition coefficient (Wildman–Crippen LogP) is 2.83. The number of hydrogen-bond acceptors (Lipinski definition) is 1. The van der Waals surface area contributed by atoms with Gasteiger partial charge >= 0.3 is 0 Å². The lowest BCUT2D eigenvalue weighted by molar-refractivity contribution is 0.363. The summed E-state index contributed by atoms with van der Waals surface area (Å²) in [5, 5.41) is 7.00. The zero-order chi connectivity index (χ0) is 8.62. The molecular formula is C9H22O. The summed E-state index contributed by atoms with van der Waals surface area (Å²) in [6.07, 6.45) is 4.07. The van der Waals surface area contributed by atoms with Gasteiger partial charge in [0, 0.05) is 7.11 Å². The quantitative estimate of drug-likeness (QED) is 0.635. The standard InChI is InChI=1S/C8H18.CH4O/c1-5-6-7-8(2,3)4;1-2/h5-7H2,1-4H3;2H,1H3. The van der Waals surface area contributed by atoms with Gasteiger partial charge in [-0.15, -0.1) is 0 Å². The monoisotopic (exact) mass is 146 g/mol. The van der Waals surface area contributed by atoms with Crippen LogP contribution < -0.4 is 0 Å². The minimum absolute atomic E-state index is 0.552. The van der Waals surface area contributed by atoms with Crippen molar-refractivity contribution in [2.75, 3.05) is 7.11 Å². The number of unbranched alkanes of at least 4 members (excludes halogenated alkanes) is 1. The maximum atomic E-state index is 7.00. The van der Waals surface area contributed by atoms with Gasteiger partial charge in [0.05, 0.1) is 0 Å². The molecule has 0 spiro atoms. The topological polar surface area (TPSA) is 20.2 Å². The Morgan fingerprint density at radius 2 is 1.50 bits per heavy atom. The lowest BCUT2D eigenvalue weighted by Gasteiger charge is -2.16. The van der Waals surface area contributed by atoms with Gasteiger partial charge in [-0.3, -0.25) is 0 Å². The van der Waals surface area contributed by atoms with Crippen LogP contribution in [-0.2, 0) is 0 Å². The molecule has 0 fully saturated rings. The second kappa shape index (κ2) is 7.07. The molecule has 64 valence electrons.